The number of benzene rings is 1. The number of hydrogen-bond acceptors (Lipinski definition) is 5. The quantitative estimate of drug-likeness (QED) is 0.610. The molecule has 2 heterocycles. The lowest BCUT2D eigenvalue weighted by Gasteiger charge is -2.18. The largest absolute Gasteiger partial charge is 0.486 e. The van der Waals surface area contributed by atoms with Gasteiger partial charge in [-0.05, 0) is 61.4 Å². The summed E-state index contributed by atoms with van der Waals surface area (Å²) in [5, 5.41) is 0. The molecule has 1 aromatic heterocycles. The number of rotatable bonds is 4. The van der Waals surface area contributed by atoms with Crippen molar-refractivity contribution in [2.24, 2.45) is 0 Å². The van der Waals surface area contributed by atoms with Crippen LogP contribution in [0.1, 0.15) is 51.4 Å². The summed E-state index contributed by atoms with van der Waals surface area (Å²) >= 11 is 1.54. The molecular formula is C21H24N2O4S. The van der Waals surface area contributed by atoms with E-state index in [1.54, 1.807) is 11.3 Å². The summed E-state index contributed by atoms with van der Waals surface area (Å²) in [6.45, 7) is 1.09. The van der Waals surface area contributed by atoms with Crippen LogP contribution < -0.4 is 20.3 Å². The Balaban J connectivity index is 1.26. The summed E-state index contributed by atoms with van der Waals surface area (Å²) < 4.78 is 11.1. The topological polar surface area (TPSA) is 76.7 Å². The Morgan fingerprint density at radius 3 is 2.68 bits per heavy atom. The van der Waals surface area contributed by atoms with Gasteiger partial charge in [0.2, 0.25) is 5.91 Å². The Morgan fingerprint density at radius 1 is 0.964 bits per heavy atom. The molecule has 6 nitrogen and oxygen atoms in total. The van der Waals surface area contributed by atoms with Gasteiger partial charge in [0.1, 0.15) is 13.2 Å². The lowest BCUT2D eigenvalue weighted by Crippen LogP contribution is -2.41. The van der Waals surface area contributed by atoms with Crippen LogP contribution in [0, 0.1) is 0 Å². The Bertz CT molecular complexity index is 854. The van der Waals surface area contributed by atoms with Crippen molar-refractivity contribution < 1.29 is 19.1 Å². The minimum atomic E-state index is -0.245. The summed E-state index contributed by atoms with van der Waals surface area (Å²) in [6, 6.07) is 7.67. The predicted molar refractivity (Wildman–Crippen MR) is 107 cm³/mol. The van der Waals surface area contributed by atoms with Crippen molar-refractivity contribution >= 4 is 23.2 Å². The molecule has 0 saturated carbocycles. The molecule has 7 heteroatoms. The monoisotopic (exact) mass is 400 g/mol. The maximum Gasteiger partial charge on any atom is 0.279 e. The van der Waals surface area contributed by atoms with Crippen LogP contribution in [-0.4, -0.2) is 25.0 Å². The molecular weight excluding hydrogens is 376 g/mol. The van der Waals surface area contributed by atoms with E-state index in [1.807, 2.05) is 24.3 Å². The van der Waals surface area contributed by atoms with Gasteiger partial charge in [0.15, 0.2) is 11.5 Å². The van der Waals surface area contributed by atoms with Gasteiger partial charge >= 0.3 is 0 Å². The van der Waals surface area contributed by atoms with E-state index in [4.69, 9.17) is 9.47 Å². The third kappa shape index (κ3) is 4.47. The second-order valence-corrected chi connectivity index (χ2v) is 8.24. The van der Waals surface area contributed by atoms with E-state index in [2.05, 4.69) is 10.9 Å². The molecule has 1 aliphatic heterocycles. The SMILES string of the molecule is O=C(CCc1ccc2c(c1)OCCO2)NNC(=O)c1cc2c(s1)CCCCC2. The van der Waals surface area contributed by atoms with Crippen molar-refractivity contribution in [1.29, 1.82) is 0 Å². The lowest BCUT2D eigenvalue weighted by molar-refractivity contribution is -0.121. The molecule has 2 aromatic rings. The van der Waals surface area contributed by atoms with Gasteiger partial charge < -0.3 is 9.47 Å². The summed E-state index contributed by atoms with van der Waals surface area (Å²) in [4.78, 5) is 26.4. The molecule has 0 fully saturated rings. The molecule has 28 heavy (non-hydrogen) atoms. The summed E-state index contributed by atoms with van der Waals surface area (Å²) in [5.74, 6) is 0.989. The van der Waals surface area contributed by atoms with Crippen LogP contribution in [0.15, 0.2) is 24.3 Å². The van der Waals surface area contributed by atoms with Gasteiger partial charge in [-0.3, -0.25) is 20.4 Å². The normalized spacial score (nSPS) is 15.3. The fourth-order valence-electron chi connectivity index (χ4n) is 3.53. The number of aryl methyl sites for hydroxylation is 3. The van der Waals surface area contributed by atoms with Crippen LogP contribution in [0.3, 0.4) is 0 Å². The molecule has 0 bridgehead atoms. The molecule has 0 unspecified atom stereocenters. The average Bonchev–Trinajstić information content (AvgIpc) is 3.01. The second-order valence-electron chi connectivity index (χ2n) is 7.10. The predicted octanol–water partition coefficient (Wildman–Crippen LogP) is 3.18. The van der Waals surface area contributed by atoms with Crippen LogP contribution in [0.25, 0.3) is 0 Å². The minimum Gasteiger partial charge on any atom is -0.486 e. The Labute approximate surface area is 168 Å². The fraction of sp³-hybridized carbons (Fsp3) is 0.429. The van der Waals surface area contributed by atoms with Gasteiger partial charge in [-0.1, -0.05) is 12.5 Å². The first kappa shape index (κ1) is 18.8. The average molecular weight is 401 g/mol. The van der Waals surface area contributed by atoms with Crippen molar-refractivity contribution in [2.75, 3.05) is 13.2 Å². The molecule has 2 aliphatic rings. The number of amides is 2. The van der Waals surface area contributed by atoms with Gasteiger partial charge in [0.05, 0.1) is 4.88 Å². The Morgan fingerprint density at radius 2 is 1.79 bits per heavy atom. The van der Waals surface area contributed by atoms with Gasteiger partial charge in [0.25, 0.3) is 5.91 Å². The maximum absolute atomic E-state index is 12.3. The highest BCUT2D eigenvalue weighted by atomic mass is 32.1. The number of thiophene rings is 1. The molecule has 0 saturated heterocycles. The second kappa shape index (κ2) is 8.65. The minimum absolute atomic E-state index is 0.221. The highest BCUT2D eigenvalue weighted by Gasteiger charge is 2.17. The first-order valence-corrected chi connectivity index (χ1v) is 10.6. The van der Waals surface area contributed by atoms with Crippen molar-refractivity contribution in [3.63, 3.8) is 0 Å². The van der Waals surface area contributed by atoms with E-state index in [9.17, 15) is 9.59 Å². The molecule has 0 radical (unpaired) electrons. The number of ether oxygens (including phenoxy) is 2. The van der Waals surface area contributed by atoms with Crippen molar-refractivity contribution in [2.45, 2.75) is 44.9 Å². The Hall–Kier alpha value is -2.54. The lowest BCUT2D eigenvalue weighted by atomic mass is 10.1. The highest BCUT2D eigenvalue weighted by molar-refractivity contribution is 7.14. The summed E-state index contributed by atoms with van der Waals surface area (Å²) in [6.07, 6.45) is 6.55. The maximum atomic E-state index is 12.3. The number of hydrogen-bond donors (Lipinski definition) is 2. The molecule has 0 spiro atoms. The zero-order chi connectivity index (χ0) is 19.3. The number of fused-ring (bicyclic) bond motifs is 2. The third-order valence-electron chi connectivity index (χ3n) is 5.03. The fourth-order valence-corrected chi connectivity index (χ4v) is 4.68. The smallest absolute Gasteiger partial charge is 0.279 e. The number of nitrogens with one attached hydrogen (secondary N) is 2. The standard InChI is InChI=1S/C21H24N2O4S/c24-20(9-7-14-6-8-16-17(12-14)27-11-10-26-16)22-23-21(25)19-13-15-4-2-1-3-5-18(15)28-19/h6,8,12-13H,1-5,7,9-11H2,(H,22,24)(H,23,25). The van der Waals surface area contributed by atoms with Crippen LogP contribution in [0.5, 0.6) is 11.5 Å². The first-order chi connectivity index (χ1) is 13.7. The molecule has 2 N–H and O–H groups in total. The third-order valence-corrected chi connectivity index (χ3v) is 6.27. The van der Waals surface area contributed by atoms with Crippen molar-refractivity contribution in [3.8, 4) is 11.5 Å². The molecule has 0 atom stereocenters. The van der Waals surface area contributed by atoms with Crippen LogP contribution in [-0.2, 0) is 24.1 Å². The molecule has 1 aliphatic carbocycles. The summed E-state index contributed by atoms with van der Waals surface area (Å²) in [7, 11) is 0. The van der Waals surface area contributed by atoms with Crippen LogP contribution in [0.4, 0.5) is 0 Å². The number of carbonyl (C=O) groups excluding carboxylic acids is 2. The molecule has 2 amide bonds. The van der Waals surface area contributed by atoms with Gasteiger partial charge in [-0.2, -0.15) is 0 Å². The van der Waals surface area contributed by atoms with Crippen LogP contribution >= 0.6 is 11.3 Å². The van der Waals surface area contributed by atoms with Gasteiger partial charge in [0, 0.05) is 11.3 Å². The van der Waals surface area contributed by atoms with Gasteiger partial charge in [-0.15, -0.1) is 11.3 Å². The number of hydrazine groups is 1. The van der Waals surface area contributed by atoms with E-state index < -0.39 is 0 Å². The first-order valence-electron chi connectivity index (χ1n) is 9.78. The molecule has 4 rings (SSSR count). The zero-order valence-electron chi connectivity index (χ0n) is 15.7. The van der Waals surface area contributed by atoms with E-state index in [1.165, 1.54) is 29.7 Å². The summed E-state index contributed by atoms with van der Waals surface area (Å²) in [5.41, 5.74) is 7.34. The van der Waals surface area contributed by atoms with E-state index in [-0.39, 0.29) is 18.2 Å². The van der Waals surface area contributed by atoms with Gasteiger partial charge in [-0.25, -0.2) is 0 Å². The van der Waals surface area contributed by atoms with E-state index >= 15 is 0 Å². The molecule has 148 valence electrons. The zero-order valence-corrected chi connectivity index (χ0v) is 16.5. The van der Waals surface area contributed by atoms with E-state index in [0.717, 1.165) is 29.9 Å². The van der Waals surface area contributed by atoms with Crippen molar-refractivity contribution in [1.82, 2.24) is 10.9 Å². The Kier molecular flexibility index (Phi) is 5.81. The molecule has 1 aromatic carbocycles. The van der Waals surface area contributed by atoms with Crippen LogP contribution in [0.2, 0.25) is 0 Å². The number of carbonyl (C=O) groups is 2. The van der Waals surface area contributed by atoms with Crippen molar-refractivity contribution in [3.05, 3.63) is 45.1 Å². The highest BCUT2D eigenvalue weighted by Crippen LogP contribution is 2.31. The van der Waals surface area contributed by atoms with E-state index in [0.29, 0.717) is 24.5 Å².